The molecule has 0 N–H and O–H groups in total. The van der Waals surface area contributed by atoms with Gasteiger partial charge in [-0.2, -0.15) is 0 Å². The Labute approximate surface area is 158 Å². The van der Waals surface area contributed by atoms with E-state index in [4.69, 9.17) is 21.3 Å². The largest absolute Gasteiger partial charge is 0.383 e. The first-order valence-electron chi connectivity index (χ1n) is 9.21. The summed E-state index contributed by atoms with van der Waals surface area (Å²) in [6.07, 6.45) is 2.93. The summed E-state index contributed by atoms with van der Waals surface area (Å²) >= 11 is 6.06. The van der Waals surface area contributed by atoms with Crippen LogP contribution in [0.3, 0.4) is 0 Å². The number of methoxy groups -OCH3 is 1. The molecule has 2 aliphatic rings. The van der Waals surface area contributed by atoms with Crippen molar-refractivity contribution in [3.05, 3.63) is 35.4 Å². The number of carbonyl (C=O) groups excluding carboxylic acids is 1. The third kappa shape index (κ3) is 3.14. The molecule has 3 heterocycles. The van der Waals surface area contributed by atoms with Crippen molar-refractivity contribution in [2.24, 2.45) is 5.41 Å². The lowest BCUT2D eigenvalue weighted by Crippen LogP contribution is -2.51. The first-order valence-corrected chi connectivity index (χ1v) is 9.59. The van der Waals surface area contributed by atoms with Gasteiger partial charge in [0.25, 0.3) is 0 Å². The maximum absolute atomic E-state index is 13.1. The number of pyridine rings is 1. The van der Waals surface area contributed by atoms with E-state index in [-0.39, 0.29) is 11.3 Å². The van der Waals surface area contributed by atoms with Gasteiger partial charge < -0.3 is 14.5 Å². The van der Waals surface area contributed by atoms with E-state index in [0.717, 1.165) is 60.6 Å². The van der Waals surface area contributed by atoms with Crippen molar-refractivity contribution in [2.45, 2.75) is 19.3 Å². The molecule has 0 bridgehead atoms. The zero-order chi connectivity index (χ0) is 18.1. The van der Waals surface area contributed by atoms with Crippen LogP contribution in [0.2, 0.25) is 5.02 Å². The van der Waals surface area contributed by atoms with Crippen LogP contribution in [-0.4, -0.2) is 55.7 Å². The highest BCUT2D eigenvalue weighted by Gasteiger charge is 2.48. The summed E-state index contributed by atoms with van der Waals surface area (Å²) in [5.41, 5.74) is 0.673. The highest BCUT2D eigenvalue weighted by Crippen LogP contribution is 2.41. The Kier molecular flexibility index (Phi) is 4.76. The van der Waals surface area contributed by atoms with Crippen LogP contribution in [-0.2, 0) is 9.53 Å². The van der Waals surface area contributed by atoms with Gasteiger partial charge in [0, 0.05) is 43.7 Å². The van der Waals surface area contributed by atoms with E-state index in [1.165, 1.54) is 0 Å². The number of fused-ring (bicyclic) bond motifs is 1. The van der Waals surface area contributed by atoms with Gasteiger partial charge in [0.1, 0.15) is 5.82 Å². The summed E-state index contributed by atoms with van der Waals surface area (Å²) < 4.78 is 5.16. The smallest absolute Gasteiger partial charge is 0.230 e. The monoisotopic (exact) mass is 373 g/mol. The molecular weight excluding hydrogens is 350 g/mol. The maximum atomic E-state index is 13.1. The Morgan fingerprint density at radius 2 is 2.12 bits per heavy atom. The van der Waals surface area contributed by atoms with Crippen molar-refractivity contribution in [2.75, 3.05) is 44.8 Å². The van der Waals surface area contributed by atoms with E-state index in [9.17, 15) is 4.79 Å². The van der Waals surface area contributed by atoms with Gasteiger partial charge in [-0.3, -0.25) is 4.79 Å². The van der Waals surface area contributed by atoms with E-state index in [0.29, 0.717) is 13.2 Å². The number of amides is 1. The van der Waals surface area contributed by atoms with Gasteiger partial charge in [-0.05, 0) is 49.6 Å². The van der Waals surface area contributed by atoms with Crippen LogP contribution in [0.1, 0.15) is 19.3 Å². The molecule has 1 aromatic heterocycles. The lowest BCUT2D eigenvalue weighted by atomic mass is 9.78. The Morgan fingerprint density at radius 3 is 2.96 bits per heavy atom. The second kappa shape index (κ2) is 7.05. The summed E-state index contributed by atoms with van der Waals surface area (Å²) in [5, 5.41) is 1.76. The van der Waals surface area contributed by atoms with Crippen LogP contribution in [0.15, 0.2) is 30.3 Å². The highest BCUT2D eigenvalue weighted by molar-refractivity contribution is 6.31. The minimum absolute atomic E-state index is 0.261. The summed E-state index contributed by atoms with van der Waals surface area (Å²) in [4.78, 5) is 22.1. The molecule has 5 nitrogen and oxygen atoms in total. The number of nitrogens with zero attached hydrogens (tertiary/aromatic N) is 3. The van der Waals surface area contributed by atoms with E-state index < -0.39 is 0 Å². The third-order valence-corrected chi connectivity index (χ3v) is 5.94. The fraction of sp³-hybridized carbons (Fsp3) is 0.500. The first-order chi connectivity index (χ1) is 12.6. The molecule has 138 valence electrons. The Bertz CT molecular complexity index is 828. The first kappa shape index (κ1) is 17.6. The predicted molar refractivity (Wildman–Crippen MR) is 104 cm³/mol. The summed E-state index contributed by atoms with van der Waals surface area (Å²) in [6, 6.07) is 9.84. The standard InChI is InChI=1S/C20H24ClN3O2/c1-26-12-11-23-9-2-7-20(19(23)25)8-10-24(14-20)18-6-3-15-13-16(21)4-5-17(15)22-18/h3-6,13H,2,7-12,14H2,1H3/t20-/m1/s1. The number of hydrogen-bond acceptors (Lipinski definition) is 4. The number of halogens is 1. The summed E-state index contributed by atoms with van der Waals surface area (Å²) in [6.45, 7) is 3.75. The lowest BCUT2D eigenvalue weighted by molar-refractivity contribution is -0.145. The maximum Gasteiger partial charge on any atom is 0.230 e. The Morgan fingerprint density at radius 1 is 1.23 bits per heavy atom. The molecular formula is C20H24ClN3O2. The molecule has 0 saturated carbocycles. The number of hydrogen-bond donors (Lipinski definition) is 0. The van der Waals surface area contributed by atoms with Crippen molar-refractivity contribution in [1.82, 2.24) is 9.88 Å². The number of carbonyl (C=O) groups is 1. The van der Waals surface area contributed by atoms with Crippen molar-refractivity contribution < 1.29 is 9.53 Å². The lowest BCUT2D eigenvalue weighted by Gasteiger charge is -2.39. The molecule has 0 radical (unpaired) electrons. The zero-order valence-electron chi connectivity index (χ0n) is 15.1. The molecule has 0 unspecified atom stereocenters. The number of aromatic nitrogens is 1. The molecule has 1 aromatic carbocycles. The van der Waals surface area contributed by atoms with Crippen LogP contribution in [0, 0.1) is 5.41 Å². The fourth-order valence-corrected chi connectivity index (χ4v) is 4.46. The minimum atomic E-state index is -0.261. The summed E-state index contributed by atoms with van der Waals surface area (Å²) in [5.74, 6) is 1.23. The SMILES string of the molecule is COCCN1CCC[C@]2(CCN(c3ccc4cc(Cl)ccc4n3)C2)C1=O. The number of likely N-dealkylation sites (tertiary alicyclic amines) is 1. The van der Waals surface area contributed by atoms with Gasteiger partial charge in [0.15, 0.2) is 0 Å². The van der Waals surface area contributed by atoms with Crippen molar-refractivity contribution in [3.8, 4) is 0 Å². The number of piperidine rings is 1. The highest BCUT2D eigenvalue weighted by atomic mass is 35.5. The quantitative estimate of drug-likeness (QED) is 0.824. The average molecular weight is 374 g/mol. The second-order valence-corrected chi connectivity index (χ2v) is 7.78. The van der Waals surface area contributed by atoms with E-state index in [1.807, 2.05) is 29.2 Å². The predicted octanol–water partition coefficient (Wildman–Crippen LogP) is 3.35. The summed E-state index contributed by atoms with van der Waals surface area (Å²) in [7, 11) is 1.68. The van der Waals surface area contributed by atoms with Crippen molar-refractivity contribution in [1.29, 1.82) is 0 Å². The van der Waals surface area contributed by atoms with Gasteiger partial charge in [-0.1, -0.05) is 11.6 Å². The third-order valence-electron chi connectivity index (χ3n) is 5.70. The van der Waals surface area contributed by atoms with Gasteiger partial charge in [-0.25, -0.2) is 4.98 Å². The number of ether oxygens (including phenoxy) is 1. The number of benzene rings is 1. The molecule has 0 aliphatic carbocycles. The van der Waals surface area contributed by atoms with Gasteiger partial charge >= 0.3 is 0 Å². The van der Waals surface area contributed by atoms with Crippen molar-refractivity contribution >= 4 is 34.2 Å². The van der Waals surface area contributed by atoms with Crippen molar-refractivity contribution in [3.63, 3.8) is 0 Å². The van der Waals surface area contributed by atoms with Crippen LogP contribution in [0.25, 0.3) is 10.9 Å². The molecule has 26 heavy (non-hydrogen) atoms. The molecule has 2 saturated heterocycles. The van der Waals surface area contributed by atoms with Gasteiger partial charge in [0.2, 0.25) is 5.91 Å². The molecule has 1 amide bonds. The average Bonchev–Trinajstić information content (AvgIpc) is 3.08. The van der Waals surface area contributed by atoms with E-state index in [2.05, 4.69) is 11.0 Å². The van der Waals surface area contributed by atoms with Crippen LogP contribution in [0.4, 0.5) is 5.82 Å². The second-order valence-electron chi connectivity index (χ2n) is 7.35. The molecule has 1 spiro atoms. The van der Waals surface area contributed by atoms with Crippen LogP contribution >= 0.6 is 11.6 Å². The Balaban J connectivity index is 1.54. The number of anilines is 1. The molecule has 2 fully saturated rings. The minimum Gasteiger partial charge on any atom is -0.383 e. The fourth-order valence-electron chi connectivity index (χ4n) is 4.28. The molecule has 6 heteroatoms. The van der Waals surface area contributed by atoms with Gasteiger partial charge in [-0.15, -0.1) is 0 Å². The Hall–Kier alpha value is -1.85. The topological polar surface area (TPSA) is 45.7 Å². The molecule has 2 aromatic rings. The van der Waals surface area contributed by atoms with E-state index in [1.54, 1.807) is 7.11 Å². The van der Waals surface area contributed by atoms with Crippen LogP contribution in [0.5, 0.6) is 0 Å². The zero-order valence-corrected chi connectivity index (χ0v) is 15.8. The normalized spacial score (nSPS) is 23.4. The van der Waals surface area contributed by atoms with Crippen LogP contribution < -0.4 is 4.90 Å². The van der Waals surface area contributed by atoms with Gasteiger partial charge in [0.05, 0.1) is 17.5 Å². The molecule has 2 aliphatic heterocycles. The van der Waals surface area contributed by atoms with E-state index >= 15 is 0 Å². The molecule has 1 atom stereocenters. The number of rotatable bonds is 4. The molecule has 4 rings (SSSR count).